The van der Waals surface area contributed by atoms with Gasteiger partial charge in [0.05, 0.1) is 6.54 Å². The van der Waals surface area contributed by atoms with E-state index in [1.165, 1.54) is 0 Å². The van der Waals surface area contributed by atoms with Crippen LogP contribution in [0, 0.1) is 11.3 Å². The maximum absolute atomic E-state index is 8.80. The van der Waals surface area contributed by atoms with Crippen molar-refractivity contribution in [3.63, 3.8) is 0 Å². The van der Waals surface area contributed by atoms with Crippen LogP contribution in [-0.2, 0) is 13.6 Å². The van der Waals surface area contributed by atoms with Crippen LogP contribution in [0.5, 0.6) is 0 Å². The van der Waals surface area contributed by atoms with Crippen LogP contribution in [0.25, 0.3) is 0 Å². The van der Waals surface area contributed by atoms with Crippen LogP contribution in [0.4, 0.5) is 5.82 Å². The molecule has 5 heteroatoms. The molecule has 0 saturated carbocycles. The predicted octanol–water partition coefficient (Wildman–Crippen LogP) is 1.32. The average Bonchev–Trinajstić information content (AvgIpc) is 2.75. The van der Waals surface area contributed by atoms with E-state index in [0.717, 1.165) is 11.6 Å². The lowest BCUT2D eigenvalue weighted by atomic mass is 10.3. The van der Waals surface area contributed by atoms with Crippen LogP contribution in [-0.4, -0.2) is 21.6 Å². The van der Waals surface area contributed by atoms with E-state index in [9.17, 15) is 0 Å². The predicted molar refractivity (Wildman–Crippen MR) is 64.3 cm³/mol. The van der Waals surface area contributed by atoms with Crippen molar-refractivity contribution in [3.05, 3.63) is 42.1 Å². The minimum Gasteiger partial charge on any atom is -0.352 e. The normalized spacial score (nSPS) is 9.94. The maximum Gasteiger partial charge on any atom is 0.142 e. The topological polar surface area (TPSA) is 57.7 Å². The summed E-state index contributed by atoms with van der Waals surface area (Å²) >= 11 is 0. The second-order valence-corrected chi connectivity index (χ2v) is 3.80. The largest absolute Gasteiger partial charge is 0.352 e. The molecule has 0 fully saturated rings. The van der Waals surface area contributed by atoms with Crippen LogP contribution in [0.15, 0.2) is 30.6 Å². The van der Waals surface area contributed by atoms with Crippen molar-refractivity contribution in [2.24, 2.45) is 7.05 Å². The Morgan fingerprint density at radius 1 is 1.47 bits per heavy atom. The number of aryl methyl sites for hydroxylation is 1. The van der Waals surface area contributed by atoms with Crippen molar-refractivity contribution in [2.75, 3.05) is 11.9 Å². The Balaban J connectivity index is 2.17. The molecule has 2 heterocycles. The summed E-state index contributed by atoms with van der Waals surface area (Å²) in [6, 6.07) is 7.43. The SMILES string of the molecule is CN(Cc1nccn1C)c1cccc(C#N)n1. The molecule has 2 aromatic heterocycles. The number of imidazole rings is 1. The highest BCUT2D eigenvalue weighted by molar-refractivity contribution is 5.40. The highest BCUT2D eigenvalue weighted by atomic mass is 15.2. The first-order valence-corrected chi connectivity index (χ1v) is 5.25. The summed E-state index contributed by atoms with van der Waals surface area (Å²) in [5, 5.41) is 8.80. The number of hydrogen-bond acceptors (Lipinski definition) is 4. The smallest absolute Gasteiger partial charge is 0.142 e. The van der Waals surface area contributed by atoms with Gasteiger partial charge in [-0.15, -0.1) is 0 Å². The van der Waals surface area contributed by atoms with Gasteiger partial charge in [0, 0.05) is 26.5 Å². The van der Waals surface area contributed by atoms with E-state index in [4.69, 9.17) is 5.26 Å². The first kappa shape index (κ1) is 11.1. The number of pyridine rings is 1. The molecule has 0 bridgehead atoms. The highest BCUT2D eigenvalue weighted by Crippen LogP contribution is 2.11. The number of anilines is 1. The van der Waals surface area contributed by atoms with Crippen LogP contribution in [0.1, 0.15) is 11.5 Å². The van der Waals surface area contributed by atoms with E-state index in [0.29, 0.717) is 12.2 Å². The Bertz CT molecular complexity index is 552. The maximum atomic E-state index is 8.80. The summed E-state index contributed by atoms with van der Waals surface area (Å²) in [7, 11) is 3.88. The van der Waals surface area contributed by atoms with Crippen molar-refractivity contribution in [2.45, 2.75) is 6.54 Å². The monoisotopic (exact) mass is 227 g/mol. The van der Waals surface area contributed by atoms with E-state index in [2.05, 4.69) is 9.97 Å². The molecular formula is C12H13N5. The molecule has 86 valence electrons. The number of hydrogen-bond donors (Lipinski definition) is 0. The standard InChI is InChI=1S/C12H13N5/c1-16-7-6-14-12(16)9-17(2)11-5-3-4-10(8-13)15-11/h3-7H,9H2,1-2H3. The molecule has 0 amide bonds. The van der Waals surface area contributed by atoms with Gasteiger partial charge in [-0.3, -0.25) is 0 Å². The molecule has 0 spiro atoms. The molecule has 2 rings (SSSR count). The Morgan fingerprint density at radius 2 is 2.29 bits per heavy atom. The van der Waals surface area contributed by atoms with E-state index in [1.54, 1.807) is 12.3 Å². The van der Waals surface area contributed by atoms with Crippen molar-refractivity contribution < 1.29 is 0 Å². The third-order valence-corrected chi connectivity index (χ3v) is 2.54. The van der Waals surface area contributed by atoms with Crippen molar-refractivity contribution in [1.29, 1.82) is 5.26 Å². The fourth-order valence-corrected chi connectivity index (χ4v) is 1.54. The molecule has 17 heavy (non-hydrogen) atoms. The van der Waals surface area contributed by atoms with Crippen molar-refractivity contribution in [1.82, 2.24) is 14.5 Å². The van der Waals surface area contributed by atoms with Gasteiger partial charge in [-0.2, -0.15) is 5.26 Å². The molecule has 0 aromatic carbocycles. The Labute approximate surface area is 100.0 Å². The second-order valence-electron chi connectivity index (χ2n) is 3.80. The minimum absolute atomic E-state index is 0.425. The lowest BCUT2D eigenvalue weighted by Gasteiger charge is -2.17. The van der Waals surface area contributed by atoms with Crippen LogP contribution in [0.2, 0.25) is 0 Å². The molecular weight excluding hydrogens is 214 g/mol. The summed E-state index contributed by atoms with van der Waals surface area (Å²) in [4.78, 5) is 10.4. The lowest BCUT2D eigenvalue weighted by Crippen LogP contribution is -2.20. The van der Waals surface area contributed by atoms with Gasteiger partial charge < -0.3 is 9.47 Å². The van der Waals surface area contributed by atoms with Gasteiger partial charge in [0.15, 0.2) is 0 Å². The van der Waals surface area contributed by atoms with Gasteiger partial charge in [-0.25, -0.2) is 9.97 Å². The summed E-state index contributed by atoms with van der Waals surface area (Å²) in [6.45, 7) is 0.658. The van der Waals surface area contributed by atoms with Gasteiger partial charge in [-0.1, -0.05) is 6.07 Å². The summed E-state index contributed by atoms with van der Waals surface area (Å²) in [6.07, 6.45) is 3.67. The zero-order valence-corrected chi connectivity index (χ0v) is 9.83. The number of aromatic nitrogens is 3. The molecule has 0 aliphatic heterocycles. The van der Waals surface area contributed by atoms with E-state index in [-0.39, 0.29) is 0 Å². The zero-order valence-electron chi connectivity index (χ0n) is 9.83. The Morgan fingerprint density at radius 3 is 2.94 bits per heavy atom. The highest BCUT2D eigenvalue weighted by Gasteiger charge is 2.07. The van der Waals surface area contributed by atoms with Crippen molar-refractivity contribution in [3.8, 4) is 6.07 Å². The zero-order chi connectivity index (χ0) is 12.3. The molecule has 0 aliphatic carbocycles. The molecule has 2 aromatic rings. The summed E-state index contributed by atoms with van der Waals surface area (Å²) in [5.41, 5.74) is 0.425. The molecule has 0 saturated heterocycles. The Hall–Kier alpha value is -2.35. The fourth-order valence-electron chi connectivity index (χ4n) is 1.54. The number of rotatable bonds is 3. The third-order valence-electron chi connectivity index (χ3n) is 2.54. The van der Waals surface area contributed by atoms with Crippen molar-refractivity contribution >= 4 is 5.82 Å². The first-order chi connectivity index (χ1) is 8.20. The van der Waals surface area contributed by atoms with E-state index < -0.39 is 0 Å². The van der Waals surface area contributed by atoms with Gasteiger partial charge in [0.2, 0.25) is 0 Å². The molecule has 0 aliphatic rings. The molecule has 5 nitrogen and oxygen atoms in total. The third kappa shape index (κ3) is 2.42. The van der Waals surface area contributed by atoms with Gasteiger partial charge in [0.25, 0.3) is 0 Å². The molecule has 0 atom stereocenters. The van der Waals surface area contributed by atoms with E-state index in [1.807, 2.05) is 48.0 Å². The second kappa shape index (κ2) is 4.66. The van der Waals surface area contributed by atoms with Gasteiger partial charge in [0.1, 0.15) is 23.4 Å². The summed E-state index contributed by atoms with van der Waals surface area (Å²) in [5.74, 6) is 1.73. The average molecular weight is 227 g/mol. The van der Waals surface area contributed by atoms with Crippen LogP contribution in [0.3, 0.4) is 0 Å². The van der Waals surface area contributed by atoms with E-state index >= 15 is 0 Å². The number of nitriles is 1. The summed E-state index contributed by atoms with van der Waals surface area (Å²) < 4.78 is 1.96. The van der Waals surface area contributed by atoms with Gasteiger partial charge in [-0.05, 0) is 12.1 Å². The first-order valence-electron chi connectivity index (χ1n) is 5.25. The fraction of sp³-hybridized carbons (Fsp3) is 0.250. The Kier molecular flexibility index (Phi) is 3.06. The van der Waals surface area contributed by atoms with Crippen LogP contribution >= 0.6 is 0 Å². The molecule has 0 unspecified atom stereocenters. The molecule has 0 N–H and O–H groups in total. The molecule has 0 radical (unpaired) electrons. The van der Waals surface area contributed by atoms with Gasteiger partial charge >= 0.3 is 0 Å². The lowest BCUT2D eigenvalue weighted by molar-refractivity contribution is 0.755. The quantitative estimate of drug-likeness (QED) is 0.793. The van der Waals surface area contributed by atoms with Crippen LogP contribution < -0.4 is 4.90 Å². The number of nitrogens with zero attached hydrogens (tertiary/aromatic N) is 5. The minimum atomic E-state index is 0.425.